The Bertz CT molecular complexity index is 564. The maximum atomic E-state index is 11.6. The lowest BCUT2D eigenvalue weighted by Crippen LogP contribution is -2.19. The maximum Gasteiger partial charge on any atom is 0.328 e. The van der Waals surface area contributed by atoms with Crippen LogP contribution in [0.5, 0.6) is 0 Å². The first-order valence-corrected chi connectivity index (χ1v) is 4.86. The van der Waals surface area contributed by atoms with Gasteiger partial charge in [-0.2, -0.15) is 0 Å². The molecule has 0 bridgehead atoms. The fourth-order valence-corrected chi connectivity index (χ4v) is 1.78. The molecule has 0 aliphatic rings. The number of fused-ring (bicyclic) bond motifs is 1. The topological polar surface area (TPSA) is 47.2 Å². The molecule has 1 atom stereocenters. The van der Waals surface area contributed by atoms with Gasteiger partial charge in [-0.05, 0) is 24.6 Å². The van der Waals surface area contributed by atoms with Crippen LogP contribution in [0.3, 0.4) is 0 Å². The Hall–Kier alpha value is -1.55. The van der Waals surface area contributed by atoms with E-state index in [0.717, 1.165) is 16.6 Å². The quantitative estimate of drug-likeness (QED) is 0.754. The van der Waals surface area contributed by atoms with Gasteiger partial charge in [-0.1, -0.05) is 6.07 Å². The number of aryl methyl sites for hydroxylation is 2. The zero-order valence-corrected chi connectivity index (χ0v) is 9.06. The van der Waals surface area contributed by atoms with Crippen molar-refractivity contribution >= 4 is 11.0 Å². The number of nitrogens with zero attached hydrogens (tertiary/aromatic N) is 2. The Kier molecular flexibility index (Phi) is 2.16. The molecule has 1 heterocycles. The van der Waals surface area contributed by atoms with Crippen molar-refractivity contribution < 1.29 is 5.11 Å². The third kappa shape index (κ3) is 1.37. The number of rotatable bonds is 1. The minimum Gasteiger partial charge on any atom is -0.389 e. The van der Waals surface area contributed by atoms with Crippen molar-refractivity contribution in [2.75, 3.05) is 0 Å². The molecule has 0 fully saturated rings. The van der Waals surface area contributed by atoms with E-state index in [9.17, 15) is 9.90 Å². The minimum absolute atomic E-state index is 0.0484. The zero-order chi connectivity index (χ0) is 11.2. The van der Waals surface area contributed by atoms with E-state index >= 15 is 0 Å². The second kappa shape index (κ2) is 3.24. The van der Waals surface area contributed by atoms with E-state index in [-0.39, 0.29) is 5.69 Å². The highest BCUT2D eigenvalue weighted by atomic mass is 16.3. The van der Waals surface area contributed by atoms with Crippen LogP contribution in [0.25, 0.3) is 11.0 Å². The molecule has 4 nitrogen and oxygen atoms in total. The van der Waals surface area contributed by atoms with Crippen molar-refractivity contribution in [1.82, 2.24) is 9.13 Å². The summed E-state index contributed by atoms with van der Waals surface area (Å²) in [6.07, 6.45) is -0.510. The van der Waals surface area contributed by atoms with Crippen molar-refractivity contribution in [3.8, 4) is 0 Å². The highest BCUT2D eigenvalue weighted by Crippen LogP contribution is 2.18. The van der Waals surface area contributed by atoms with Crippen LogP contribution in [-0.2, 0) is 14.1 Å². The van der Waals surface area contributed by atoms with E-state index in [1.807, 2.05) is 18.2 Å². The van der Waals surface area contributed by atoms with E-state index in [0.29, 0.717) is 0 Å². The predicted octanol–water partition coefficient (Wildman–Crippen LogP) is 0.930. The summed E-state index contributed by atoms with van der Waals surface area (Å²) in [4.78, 5) is 11.6. The molecule has 0 aliphatic carbocycles. The molecule has 0 saturated heterocycles. The van der Waals surface area contributed by atoms with Gasteiger partial charge < -0.3 is 5.11 Å². The van der Waals surface area contributed by atoms with Crippen LogP contribution >= 0.6 is 0 Å². The van der Waals surface area contributed by atoms with Gasteiger partial charge in [0.2, 0.25) is 0 Å². The van der Waals surface area contributed by atoms with Gasteiger partial charge in [-0.25, -0.2) is 4.79 Å². The van der Waals surface area contributed by atoms with Crippen molar-refractivity contribution in [2.24, 2.45) is 14.1 Å². The molecule has 0 unspecified atom stereocenters. The molecule has 0 spiro atoms. The lowest BCUT2D eigenvalue weighted by Gasteiger charge is -2.04. The summed E-state index contributed by atoms with van der Waals surface area (Å²) in [6, 6.07) is 5.55. The van der Waals surface area contributed by atoms with Crippen LogP contribution in [0.1, 0.15) is 18.6 Å². The molecule has 1 N–H and O–H groups in total. The molecule has 0 amide bonds. The molecule has 15 heavy (non-hydrogen) atoms. The number of aliphatic hydroxyl groups excluding tert-OH is 1. The predicted molar refractivity (Wildman–Crippen MR) is 58.8 cm³/mol. The molecular weight excluding hydrogens is 192 g/mol. The summed E-state index contributed by atoms with van der Waals surface area (Å²) in [7, 11) is 3.48. The van der Waals surface area contributed by atoms with E-state index in [1.165, 1.54) is 0 Å². The van der Waals surface area contributed by atoms with E-state index < -0.39 is 6.10 Å². The summed E-state index contributed by atoms with van der Waals surface area (Å²) in [6.45, 7) is 1.71. The van der Waals surface area contributed by atoms with Gasteiger partial charge in [-0.15, -0.1) is 0 Å². The lowest BCUT2D eigenvalue weighted by molar-refractivity contribution is 0.199. The summed E-state index contributed by atoms with van der Waals surface area (Å²) in [5, 5.41) is 9.46. The van der Waals surface area contributed by atoms with Crippen LogP contribution < -0.4 is 5.69 Å². The number of hydrogen-bond donors (Lipinski definition) is 1. The molecule has 1 aromatic carbocycles. The monoisotopic (exact) mass is 206 g/mol. The van der Waals surface area contributed by atoms with Gasteiger partial charge in [0, 0.05) is 14.1 Å². The Morgan fingerprint density at radius 1 is 1.20 bits per heavy atom. The minimum atomic E-state index is -0.510. The SMILES string of the molecule is C[C@@H](O)c1ccc2c(c1)n(C)c(=O)n2C. The first-order chi connectivity index (χ1) is 7.02. The first-order valence-electron chi connectivity index (χ1n) is 4.86. The van der Waals surface area contributed by atoms with Gasteiger partial charge in [0.25, 0.3) is 0 Å². The number of aliphatic hydroxyl groups is 1. The third-order valence-corrected chi connectivity index (χ3v) is 2.78. The normalized spacial score (nSPS) is 13.3. The van der Waals surface area contributed by atoms with Gasteiger partial charge in [0.05, 0.1) is 17.1 Å². The smallest absolute Gasteiger partial charge is 0.328 e. The molecule has 1 aromatic heterocycles. The molecule has 0 saturated carbocycles. The van der Waals surface area contributed by atoms with Crippen LogP contribution in [0, 0.1) is 0 Å². The summed E-state index contributed by atoms with van der Waals surface area (Å²) >= 11 is 0. The fourth-order valence-electron chi connectivity index (χ4n) is 1.78. The average molecular weight is 206 g/mol. The number of benzene rings is 1. The maximum absolute atomic E-state index is 11.6. The molecule has 0 aliphatic heterocycles. The van der Waals surface area contributed by atoms with Crippen molar-refractivity contribution in [3.05, 3.63) is 34.2 Å². The van der Waals surface area contributed by atoms with Gasteiger partial charge in [-0.3, -0.25) is 9.13 Å². The molecule has 4 heteroatoms. The molecule has 0 radical (unpaired) electrons. The van der Waals surface area contributed by atoms with Gasteiger partial charge in [0.1, 0.15) is 0 Å². The summed E-state index contributed by atoms with van der Waals surface area (Å²) in [5.74, 6) is 0. The Labute approximate surface area is 87.4 Å². The zero-order valence-electron chi connectivity index (χ0n) is 9.06. The van der Waals surface area contributed by atoms with Crippen LogP contribution in [0.2, 0.25) is 0 Å². The third-order valence-electron chi connectivity index (χ3n) is 2.78. The first kappa shape index (κ1) is 9.98. The summed E-state index contributed by atoms with van der Waals surface area (Å²) in [5.41, 5.74) is 2.50. The molecule has 2 aromatic rings. The van der Waals surface area contributed by atoms with E-state index in [2.05, 4.69) is 0 Å². The number of aromatic nitrogens is 2. The summed E-state index contributed by atoms with van der Waals surface area (Å²) < 4.78 is 3.18. The van der Waals surface area contributed by atoms with Gasteiger partial charge >= 0.3 is 5.69 Å². The Morgan fingerprint density at radius 2 is 1.80 bits per heavy atom. The second-order valence-electron chi connectivity index (χ2n) is 3.82. The molecular formula is C11H14N2O2. The van der Waals surface area contributed by atoms with E-state index in [1.54, 1.807) is 30.2 Å². The van der Waals surface area contributed by atoms with Crippen molar-refractivity contribution in [3.63, 3.8) is 0 Å². The average Bonchev–Trinajstić information content (AvgIpc) is 2.44. The van der Waals surface area contributed by atoms with Crippen molar-refractivity contribution in [1.29, 1.82) is 0 Å². The highest BCUT2D eigenvalue weighted by molar-refractivity contribution is 5.76. The fraction of sp³-hybridized carbons (Fsp3) is 0.364. The van der Waals surface area contributed by atoms with Crippen LogP contribution in [0.15, 0.2) is 23.0 Å². The van der Waals surface area contributed by atoms with Crippen molar-refractivity contribution in [2.45, 2.75) is 13.0 Å². The molecule has 80 valence electrons. The Balaban J connectivity index is 2.83. The highest BCUT2D eigenvalue weighted by Gasteiger charge is 2.09. The van der Waals surface area contributed by atoms with E-state index in [4.69, 9.17) is 0 Å². The van der Waals surface area contributed by atoms with Crippen LogP contribution in [-0.4, -0.2) is 14.2 Å². The largest absolute Gasteiger partial charge is 0.389 e. The second-order valence-corrected chi connectivity index (χ2v) is 3.82. The number of hydrogen-bond acceptors (Lipinski definition) is 2. The van der Waals surface area contributed by atoms with Crippen LogP contribution in [0.4, 0.5) is 0 Å². The standard InChI is InChI=1S/C11H14N2O2/c1-7(14)8-4-5-9-10(6-8)13(3)11(15)12(9)2/h4-7,14H,1-3H3/t7-/m1/s1. The Morgan fingerprint density at radius 3 is 2.40 bits per heavy atom. The number of imidazole rings is 1. The molecule has 2 rings (SSSR count). The van der Waals surface area contributed by atoms with Gasteiger partial charge in [0.15, 0.2) is 0 Å². The lowest BCUT2D eigenvalue weighted by atomic mass is 10.1.